The third kappa shape index (κ3) is 5.74. The van der Waals surface area contributed by atoms with E-state index in [9.17, 15) is 14.4 Å². The standard InChI is InChI=1S/C21H21BrN4O3/c1-13-11-14(22)9-10-16(13)25-20(28)12-23-19(27)8-4-7-18-24-17-6-3-2-5-15(17)21(29)26-18/h2-3,5-6,9-11H,4,7-8,12H2,1H3,(H,23,27)(H,25,28)(H,24,26,29). The highest BCUT2D eigenvalue weighted by Crippen LogP contribution is 2.19. The second kappa shape index (κ2) is 9.47. The summed E-state index contributed by atoms with van der Waals surface area (Å²) < 4.78 is 0.934. The van der Waals surface area contributed by atoms with Crippen LogP contribution in [0.25, 0.3) is 10.9 Å². The van der Waals surface area contributed by atoms with Gasteiger partial charge in [0.1, 0.15) is 5.82 Å². The van der Waals surface area contributed by atoms with Crippen molar-refractivity contribution in [3.05, 3.63) is 68.7 Å². The molecule has 1 heterocycles. The molecule has 0 saturated heterocycles. The van der Waals surface area contributed by atoms with Crippen LogP contribution in [0.2, 0.25) is 0 Å². The molecule has 0 bridgehead atoms. The van der Waals surface area contributed by atoms with Crippen molar-refractivity contribution in [3.8, 4) is 0 Å². The lowest BCUT2D eigenvalue weighted by Crippen LogP contribution is -2.32. The highest BCUT2D eigenvalue weighted by Gasteiger charge is 2.09. The van der Waals surface area contributed by atoms with Crippen molar-refractivity contribution >= 4 is 44.3 Å². The maximum absolute atomic E-state index is 12.0. The Morgan fingerprint density at radius 1 is 1.14 bits per heavy atom. The number of halogens is 1. The summed E-state index contributed by atoms with van der Waals surface area (Å²) in [4.78, 5) is 43.2. The van der Waals surface area contributed by atoms with Gasteiger partial charge in [0.15, 0.2) is 0 Å². The number of para-hydroxylation sites is 1. The third-order valence-electron chi connectivity index (χ3n) is 4.39. The average Bonchev–Trinajstić information content (AvgIpc) is 2.69. The number of nitrogens with one attached hydrogen (secondary N) is 3. The van der Waals surface area contributed by atoms with Crippen molar-refractivity contribution in [3.63, 3.8) is 0 Å². The van der Waals surface area contributed by atoms with Crippen molar-refractivity contribution < 1.29 is 9.59 Å². The number of benzene rings is 2. The number of carbonyl (C=O) groups is 2. The van der Waals surface area contributed by atoms with Crippen molar-refractivity contribution in [2.24, 2.45) is 0 Å². The number of nitrogens with zero attached hydrogens (tertiary/aromatic N) is 1. The lowest BCUT2D eigenvalue weighted by molar-refractivity contribution is -0.124. The number of amides is 2. The van der Waals surface area contributed by atoms with Gasteiger partial charge >= 0.3 is 0 Å². The molecule has 0 aliphatic carbocycles. The molecule has 3 aromatic rings. The number of anilines is 1. The highest BCUT2D eigenvalue weighted by molar-refractivity contribution is 9.10. The van der Waals surface area contributed by atoms with Gasteiger partial charge in [-0.2, -0.15) is 0 Å². The molecular weight excluding hydrogens is 436 g/mol. The van der Waals surface area contributed by atoms with E-state index >= 15 is 0 Å². The van der Waals surface area contributed by atoms with Crippen LogP contribution in [-0.2, 0) is 16.0 Å². The zero-order valence-corrected chi connectivity index (χ0v) is 17.5. The van der Waals surface area contributed by atoms with E-state index in [2.05, 4.69) is 36.5 Å². The maximum Gasteiger partial charge on any atom is 0.258 e. The molecule has 8 heteroatoms. The first kappa shape index (κ1) is 20.7. The molecule has 2 amide bonds. The fourth-order valence-corrected chi connectivity index (χ4v) is 3.37. The van der Waals surface area contributed by atoms with Crippen LogP contribution in [0, 0.1) is 6.92 Å². The van der Waals surface area contributed by atoms with E-state index < -0.39 is 0 Å². The van der Waals surface area contributed by atoms with Crippen LogP contribution in [0.5, 0.6) is 0 Å². The van der Waals surface area contributed by atoms with Crippen molar-refractivity contribution in [2.75, 3.05) is 11.9 Å². The summed E-state index contributed by atoms with van der Waals surface area (Å²) in [5, 5.41) is 5.92. The zero-order chi connectivity index (χ0) is 20.8. The molecule has 0 saturated carbocycles. The topological polar surface area (TPSA) is 104 Å². The molecule has 0 aliphatic rings. The van der Waals surface area contributed by atoms with Crippen LogP contribution in [-0.4, -0.2) is 28.3 Å². The Bertz CT molecular complexity index is 1110. The summed E-state index contributed by atoms with van der Waals surface area (Å²) in [6.07, 6.45) is 1.22. The minimum atomic E-state index is -0.288. The Labute approximate surface area is 176 Å². The van der Waals surface area contributed by atoms with E-state index in [-0.39, 0.29) is 30.3 Å². The molecule has 7 nitrogen and oxygen atoms in total. The van der Waals surface area contributed by atoms with Gasteiger partial charge in [-0.25, -0.2) is 4.98 Å². The Morgan fingerprint density at radius 3 is 2.72 bits per heavy atom. The van der Waals surface area contributed by atoms with E-state index in [0.717, 1.165) is 10.0 Å². The monoisotopic (exact) mass is 456 g/mol. The van der Waals surface area contributed by atoms with Gasteiger partial charge in [-0.1, -0.05) is 28.1 Å². The second-order valence-electron chi connectivity index (χ2n) is 6.67. The number of hydrogen-bond donors (Lipinski definition) is 3. The fraction of sp³-hybridized carbons (Fsp3) is 0.238. The number of aryl methyl sites for hydroxylation is 2. The first-order valence-electron chi connectivity index (χ1n) is 9.23. The Morgan fingerprint density at radius 2 is 1.93 bits per heavy atom. The number of carbonyl (C=O) groups excluding carboxylic acids is 2. The molecule has 0 radical (unpaired) electrons. The van der Waals surface area contributed by atoms with Crippen LogP contribution in [0.1, 0.15) is 24.2 Å². The molecule has 2 aromatic carbocycles. The molecule has 0 aliphatic heterocycles. The molecule has 3 rings (SSSR count). The van der Waals surface area contributed by atoms with Crippen LogP contribution >= 0.6 is 15.9 Å². The van der Waals surface area contributed by atoms with Gasteiger partial charge in [-0.05, 0) is 49.2 Å². The first-order valence-corrected chi connectivity index (χ1v) is 10.0. The maximum atomic E-state index is 12.0. The molecule has 0 atom stereocenters. The number of fused-ring (bicyclic) bond motifs is 1. The Balaban J connectivity index is 1.44. The van der Waals surface area contributed by atoms with E-state index in [1.165, 1.54) is 0 Å². The minimum Gasteiger partial charge on any atom is -0.347 e. The van der Waals surface area contributed by atoms with Gasteiger partial charge in [-0.3, -0.25) is 14.4 Å². The largest absolute Gasteiger partial charge is 0.347 e. The number of hydrogen-bond acceptors (Lipinski definition) is 4. The van der Waals surface area contributed by atoms with E-state index in [1.807, 2.05) is 25.1 Å². The quantitative estimate of drug-likeness (QED) is 0.507. The van der Waals surface area contributed by atoms with Gasteiger partial charge in [0.2, 0.25) is 11.8 Å². The number of aromatic nitrogens is 2. The summed E-state index contributed by atoms with van der Waals surface area (Å²) in [7, 11) is 0. The second-order valence-corrected chi connectivity index (χ2v) is 7.58. The average molecular weight is 457 g/mol. The molecule has 0 fully saturated rings. The van der Waals surface area contributed by atoms with Gasteiger partial charge in [0.25, 0.3) is 5.56 Å². The van der Waals surface area contributed by atoms with Gasteiger partial charge in [0, 0.05) is 23.0 Å². The van der Waals surface area contributed by atoms with Crippen molar-refractivity contribution in [2.45, 2.75) is 26.2 Å². The number of H-pyrrole nitrogens is 1. The minimum absolute atomic E-state index is 0.0978. The molecule has 1 aromatic heterocycles. The molecule has 150 valence electrons. The Hall–Kier alpha value is -3.00. The van der Waals surface area contributed by atoms with Crippen LogP contribution in [0.4, 0.5) is 5.69 Å². The summed E-state index contributed by atoms with van der Waals surface area (Å²) >= 11 is 3.38. The fourth-order valence-electron chi connectivity index (χ4n) is 2.90. The Kier molecular flexibility index (Phi) is 6.77. The van der Waals surface area contributed by atoms with Gasteiger partial charge in [0.05, 0.1) is 17.4 Å². The molecular formula is C21H21BrN4O3. The normalized spacial score (nSPS) is 10.7. The van der Waals surface area contributed by atoms with Crippen molar-refractivity contribution in [1.82, 2.24) is 15.3 Å². The predicted molar refractivity (Wildman–Crippen MR) is 116 cm³/mol. The molecule has 29 heavy (non-hydrogen) atoms. The van der Waals surface area contributed by atoms with E-state index in [0.29, 0.717) is 35.3 Å². The first-order chi connectivity index (χ1) is 13.9. The molecule has 3 N–H and O–H groups in total. The molecule has 0 unspecified atom stereocenters. The van der Waals surface area contributed by atoms with Crippen LogP contribution < -0.4 is 16.2 Å². The third-order valence-corrected chi connectivity index (χ3v) is 4.88. The number of rotatable bonds is 7. The summed E-state index contributed by atoms with van der Waals surface area (Å²) in [6.45, 7) is 1.80. The van der Waals surface area contributed by atoms with Crippen LogP contribution in [0.15, 0.2) is 51.7 Å². The van der Waals surface area contributed by atoms with Gasteiger partial charge in [-0.15, -0.1) is 0 Å². The van der Waals surface area contributed by atoms with E-state index in [1.54, 1.807) is 24.3 Å². The highest BCUT2D eigenvalue weighted by atomic mass is 79.9. The SMILES string of the molecule is Cc1cc(Br)ccc1NC(=O)CNC(=O)CCCc1nc2ccccc2c(=O)[nH]1. The smallest absolute Gasteiger partial charge is 0.258 e. The summed E-state index contributed by atoms with van der Waals surface area (Å²) in [5.41, 5.74) is 2.08. The zero-order valence-electron chi connectivity index (χ0n) is 15.9. The van der Waals surface area contributed by atoms with E-state index in [4.69, 9.17) is 0 Å². The van der Waals surface area contributed by atoms with Crippen LogP contribution in [0.3, 0.4) is 0 Å². The predicted octanol–water partition coefficient (Wildman–Crippen LogP) is 3.07. The lowest BCUT2D eigenvalue weighted by atomic mass is 10.2. The molecule has 0 spiro atoms. The van der Waals surface area contributed by atoms with Crippen molar-refractivity contribution in [1.29, 1.82) is 0 Å². The summed E-state index contributed by atoms with van der Waals surface area (Å²) in [5.74, 6) is 0.0325. The summed E-state index contributed by atoms with van der Waals surface area (Å²) in [6, 6.07) is 12.7. The number of aromatic amines is 1. The van der Waals surface area contributed by atoms with Gasteiger partial charge < -0.3 is 15.6 Å². The lowest BCUT2D eigenvalue weighted by Gasteiger charge is -2.09.